The van der Waals surface area contributed by atoms with E-state index in [1.165, 1.54) is 12.3 Å². The summed E-state index contributed by atoms with van der Waals surface area (Å²) in [6.45, 7) is 1.47. The zero-order valence-corrected chi connectivity index (χ0v) is 14.3. The van der Waals surface area contributed by atoms with Crippen molar-refractivity contribution in [2.24, 2.45) is 0 Å². The van der Waals surface area contributed by atoms with Gasteiger partial charge in [0.15, 0.2) is 0 Å². The fraction of sp³-hybridized carbons (Fsp3) is 0.667. The number of thiazole rings is 1. The maximum atomic E-state index is 13.4. The Morgan fingerprint density at radius 1 is 1.32 bits per heavy atom. The lowest BCUT2D eigenvalue weighted by Gasteiger charge is -2.35. The summed E-state index contributed by atoms with van der Waals surface area (Å²) in [5, 5.41) is 22.5. The number of rotatable bonds is 5. The molecule has 1 heterocycles. The molecule has 2 rings (SSSR count). The first kappa shape index (κ1) is 19.6. The number of nitrogens with one attached hydrogen (secondary N) is 1. The second-order valence-electron chi connectivity index (χ2n) is 6.32. The predicted molar refractivity (Wildman–Crippen MR) is 83.0 cm³/mol. The number of hydrogen-bond donors (Lipinski definition) is 3. The quantitative estimate of drug-likeness (QED) is 0.729. The van der Waals surface area contributed by atoms with E-state index in [1.54, 1.807) is 0 Å². The third-order valence-corrected chi connectivity index (χ3v) is 5.46. The number of aliphatic hydroxyl groups is 1. The van der Waals surface area contributed by atoms with Gasteiger partial charge in [-0.2, -0.15) is 13.2 Å². The second kappa shape index (κ2) is 6.91. The normalized spacial score (nSPS) is 19.9. The first-order valence-corrected chi connectivity index (χ1v) is 8.64. The molecule has 1 aromatic heterocycles. The molecule has 10 heteroatoms. The van der Waals surface area contributed by atoms with E-state index in [2.05, 4.69) is 10.3 Å². The minimum absolute atomic E-state index is 0.148. The first-order chi connectivity index (χ1) is 11.5. The Morgan fingerprint density at radius 2 is 1.92 bits per heavy atom. The van der Waals surface area contributed by atoms with E-state index >= 15 is 0 Å². The number of amides is 1. The van der Waals surface area contributed by atoms with Crippen molar-refractivity contribution < 1.29 is 33.0 Å². The van der Waals surface area contributed by atoms with Gasteiger partial charge >= 0.3 is 12.1 Å². The van der Waals surface area contributed by atoms with Crippen LogP contribution in [0.5, 0.6) is 0 Å². The molecule has 1 aliphatic rings. The summed E-state index contributed by atoms with van der Waals surface area (Å²) in [4.78, 5) is 27.4. The zero-order chi connectivity index (χ0) is 18.9. The van der Waals surface area contributed by atoms with Crippen molar-refractivity contribution in [3.8, 4) is 0 Å². The summed E-state index contributed by atoms with van der Waals surface area (Å²) in [6, 6.07) is 0. The number of aliphatic carboxylic acids is 1. The van der Waals surface area contributed by atoms with Crippen molar-refractivity contribution >= 4 is 23.2 Å². The Balaban J connectivity index is 2.24. The average molecular weight is 380 g/mol. The maximum Gasteiger partial charge on any atom is 0.424 e. The van der Waals surface area contributed by atoms with Crippen LogP contribution in [0, 0.1) is 6.92 Å². The maximum absolute atomic E-state index is 13.4. The lowest BCUT2D eigenvalue weighted by atomic mass is 9.81. The summed E-state index contributed by atoms with van der Waals surface area (Å²) in [5.74, 6) is -2.45. The third kappa shape index (κ3) is 3.95. The van der Waals surface area contributed by atoms with Crippen molar-refractivity contribution in [2.45, 2.75) is 62.8 Å². The van der Waals surface area contributed by atoms with Crippen LogP contribution < -0.4 is 5.32 Å². The minimum atomic E-state index is -5.13. The molecule has 1 fully saturated rings. The molecule has 0 saturated heterocycles. The van der Waals surface area contributed by atoms with Crippen LogP contribution in [0.15, 0.2) is 5.38 Å². The Kier molecular flexibility index (Phi) is 5.43. The van der Waals surface area contributed by atoms with Crippen LogP contribution in [0.25, 0.3) is 0 Å². The average Bonchev–Trinajstić information content (AvgIpc) is 2.93. The number of aromatic nitrogens is 1. The highest BCUT2D eigenvalue weighted by Crippen LogP contribution is 2.43. The summed E-state index contributed by atoms with van der Waals surface area (Å²) < 4.78 is 40.2. The highest BCUT2D eigenvalue weighted by molar-refractivity contribution is 7.09. The van der Waals surface area contributed by atoms with Gasteiger partial charge in [-0.3, -0.25) is 4.79 Å². The second-order valence-corrected chi connectivity index (χ2v) is 7.18. The molecule has 140 valence electrons. The lowest BCUT2D eigenvalue weighted by molar-refractivity contribution is -0.267. The number of carboxylic acids is 1. The molecule has 1 aromatic rings. The summed E-state index contributed by atoms with van der Waals surface area (Å²) in [7, 11) is 0. The molecule has 6 nitrogen and oxygen atoms in total. The van der Waals surface area contributed by atoms with Gasteiger partial charge in [0.1, 0.15) is 10.5 Å². The van der Waals surface area contributed by atoms with E-state index in [4.69, 9.17) is 0 Å². The van der Waals surface area contributed by atoms with Crippen LogP contribution in [-0.4, -0.2) is 38.8 Å². The van der Waals surface area contributed by atoms with Gasteiger partial charge in [-0.15, -0.1) is 11.3 Å². The smallest absolute Gasteiger partial charge is 0.424 e. The molecule has 1 saturated carbocycles. The molecule has 0 aromatic carbocycles. The molecule has 1 atom stereocenters. The summed E-state index contributed by atoms with van der Waals surface area (Å²) in [5.41, 5.74) is -4.75. The lowest BCUT2D eigenvalue weighted by Crippen LogP contribution is -2.57. The monoisotopic (exact) mass is 380 g/mol. The molecule has 1 amide bonds. The van der Waals surface area contributed by atoms with E-state index < -0.39 is 40.6 Å². The number of carbonyl (C=O) groups is 2. The van der Waals surface area contributed by atoms with Crippen molar-refractivity contribution in [1.29, 1.82) is 0 Å². The van der Waals surface area contributed by atoms with Gasteiger partial charge in [0.25, 0.3) is 0 Å². The SMILES string of the molecule is Cc1csc(C(O)(CC(=O)NC2(C(=O)O)CCCCC2)C(F)(F)F)n1. The molecular formula is C15H19F3N2O4S. The van der Waals surface area contributed by atoms with Gasteiger partial charge in [0.2, 0.25) is 11.5 Å². The van der Waals surface area contributed by atoms with Crippen molar-refractivity contribution in [3.05, 3.63) is 16.1 Å². The number of nitrogens with zero attached hydrogens (tertiary/aromatic N) is 1. The van der Waals surface area contributed by atoms with Gasteiger partial charge in [-0.05, 0) is 19.8 Å². The molecule has 1 unspecified atom stereocenters. The molecule has 25 heavy (non-hydrogen) atoms. The first-order valence-electron chi connectivity index (χ1n) is 7.76. The molecule has 0 spiro atoms. The van der Waals surface area contributed by atoms with Crippen molar-refractivity contribution in [3.63, 3.8) is 0 Å². The Bertz CT molecular complexity index is 655. The molecule has 1 aliphatic carbocycles. The van der Waals surface area contributed by atoms with E-state index in [-0.39, 0.29) is 18.5 Å². The third-order valence-electron chi connectivity index (χ3n) is 4.35. The molecule has 0 aliphatic heterocycles. The highest BCUT2D eigenvalue weighted by atomic mass is 32.1. The highest BCUT2D eigenvalue weighted by Gasteiger charge is 2.58. The van der Waals surface area contributed by atoms with Crippen LogP contribution in [0.1, 0.15) is 49.2 Å². The van der Waals surface area contributed by atoms with Crippen LogP contribution >= 0.6 is 11.3 Å². The fourth-order valence-electron chi connectivity index (χ4n) is 2.93. The Hall–Kier alpha value is -1.68. The van der Waals surface area contributed by atoms with Gasteiger partial charge in [-0.1, -0.05) is 19.3 Å². The number of halogens is 3. The van der Waals surface area contributed by atoms with Crippen molar-refractivity contribution in [2.75, 3.05) is 0 Å². The Labute approximate surface area is 146 Å². The molecule has 0 bridgehead atoms. The molecular weight excluding hydrogens is 361 g/mol. The van der Waals surface area contributed by atoms with E-state index in [0.717, 1.165) is 6.42 Å². The number of carboxylic acid groups (broad SMARTS) is 1. The fourth-order valence-corrected chi connectivity index (χ4v) is 3.85. The standard InChI is InChI=1S/C15H19F3N2O4S/c1-9-8-25-11(19-9)14(24,15(16,17)18)7-10(21)20-13(12(22)23)5-3-2-4-6-13/h8,24H,2-7H2,1H3,(H,20,21)(H,22,23). The molecule has 3 N–H and O–H groups in total. The number of carbonyl (C=O) groups excluding carboxylic acids is 1. The largest absolute Gasteiger partial charge is 0.480 e. The Morgan fingerprint density at radius 3 is 2.36 bits per heavy atom. The van der Waals surface area contributed by atoms with Gasteiger partial charge in [0, 0.05) is 11.1 Å². The number of alkyl halides is 3. The van der Waals surface area contributed by atoms with E-state index in [1.807, 2.05) is 0 Å². The topological polar surface area (TPSA) is 99.5 Å². The van der Waals surface area contributed by atoms with Gasteiger partial charge in [0.05, 0.1) is 6.42 Å². The molecule has 0 radical (unpaired) electrons. The van der Waals surface area contributed by atoms with Crippen LogP contribution in [0.2, 0.25) is 0 Å². The zero-order valence-electron chi connectivity index (χ0n) is 13.5. The van der Waals surface area contributed by atoms with Crippen LogP contribution in [0.3, 0.4) is 0 Å². The number of aryl methyl sites for hydroxylation is 1. The number of hydrogen-bond acceptors (Lipinski definition) is 5. The summed E-state index contributed by atoms with van der Waals surface area (Å²) >= 11 is 0.599. The minimum Gasteiger partial charge on any atom is -0.480 e. The van der Waals surface area contributed by atoms with Gasteiger partial charge < -0.3 is 15.5 Å². The van der Waals surface area contributed by atoms with Crippen molar-refractivity contribution in [1.82, 2.24) is 10.3 Å². The van der Waals surface area contributed by atoms with E-state index in [0.29, 0.717) is 24.2 Å². The van der Waals surface area contributed by atoms with E-state index in [9.17, 15) is 33.0 Å². The predicted octanol–water partition coefficient (Wildman–Crippen LogP) is 2.50. The van der Waals surface area contributed by atoms with Crippen LogP contribution in [-0.2, 0) is 15.2 Å². The summed E-state index contributed by atoms with van der Waals surface area (Å²) in [6.07, 6.45) is -4.25. The van der Waals surface area contributed by atoms with Gasteiger partial charge in [-0.25, -0.2) is 9.78 Å². The van der Waals surface area contributed by atoms with Crippen LogP contribution in [0.4, 0.5) is 13.2 Å².